The van der Waals surface area contributed by atoms with Gasteiger partial charge < -0.3 is 5.32 Å². The molecule has 0 saturated heterocycles. The van der Waals surface area contributed by atoms with Crippen molar-refractivity contribution in [1.82, 2.24) is 5.32 Å². The van der Waals surface area contributed by atoms with Gasteiger partial charge in [-0.1, -0.05) is 15.9 Å². The van der Waals surface area contributed by atoms with Crippen molar-refractivity contribution in [3.8, 4) is 0 Å². The fourth-order valence-corrected chi connectivity index (χ4v) is 1.89. The average molecular weight is 274 g/mol. The van der Waals surface area contributed by atoms with Crippen molar-refractivity contribution in [3.05, 3.63) is 34.1 Å². The van der Waals surface area contributed by atoms with E-state index in [0.29, 0.717) is 6.04 Å². The molecule has 3 heteroatoms. The van der Waals surface area contributed by atoms with Crippen LogP contribution in [0, 0.1) is 5.82 Å². The molecule has 1 aromatic carbocycles. The standard InChI is InChI=1S/C12H17BrFN/c1-9(15-2)4-3-5-10-8-11(13)6-7-12(10)14/h6-9,15H,3-5H2,1-2H3. The number of hydrogen-bond acceptors (Lipinski definition) is 1. The highest BCUT2D eigenvalue weighted by atomic mass is 79.9. The second kappa shape index (κ2) is 6.23. The molecule has 1 atom stereocenters. The lowest BCUT2D eigenvalue weighted by Gasteiger charge is -2.09. The Labute approximate surface area is 99.2 Å². The zero-order valence-corrected chi connectivity index (χ0v) is 10.8. The molecule has 0 fully saturated rings. The van der Waals surface area contributed by atoms with E-state index >= 15 is 0 Å². The minimum absolute atomic E-state index is 0.102. The molecule has 1 rings (SSSR count). The molecule has 0 amide bonds. The Morgan fingerprint density at radius 2 is 2.20 bits per heavy atom. The Morgan fingerprint density at radius 1 is 1.47 bits per heavy atom. The van der Waals surface area contributed by atoms with Crippen LogP contribution in [0.1, 0.15) is 25.3 Å². The molecule has 0 spiro atoms. The molecular weight excluding hydrogens is 257 g/mol. The summed E-state index contributed by atoms with van der Waals surface area (Å²) in [6.07, 6.45) is 2.88. The van der Waals surface area contributed by atoms with Crippen molar-refractivity contribution in [2.24, 2.45) is 0 Å². The summed E-state index contributed by atoms with van der Waals surface area (Å²) < 4.78 is 14.3. The van der Waals surface area contributed by atoms with Crippen molar-refractivity contribution < 1.29 is 4.39 Å². The summed E-state index contributed by atoms with van der Waals surface area (Å²) in [7, 11) is 1.95. The van der Waals surface area contributed by atoms with Crippen LogP contribution in [0.15, 0.2) is 22.7 Å². The van der Waals surface area contributed by atoms with Gasteiger partial charge in [-0.05, 0) is 57.0 Å². The van der Waals surface area contributed by atoms with E-state index in [4.69, 9.17) is 0 Å². The quantitative estimate of drug-likeness (QED) is 0.866. The van der Waals surface area contributed by atoms with Crippen molar-refractivity contribution in [3.63, 3.8) is 0 Å². The van der Waals surface area contributed by atoms with Gasteiger partial charge in [0.05, 0.1) is 0 Å². The molecule has 0 aliphatic rings. The van der Waals surface area contributed by atoms with E-state index in [1.165, 1.54) is 6.07 Å². The fourth-order valence-electron chi connectivity index (χ4n) is 1.48. The van der Waals surface area contributed by atoms with Crippen LogP contribution < -0.4 is 5.32 Å². The average Bonchev–Trinajstić information content (AvgIpc) is 2.23. The highest BCUT2D eigenvalue weighted by Crippen LogP contribution is 2.17. The number of hydrogen-bond donors (Lipinski definition) is 1. The van der Waals surface area contributed by atoms with Gasteiger partial charge in [-0.15, -0.1) is 0 Å². The number of rotatable bonds is 5. The molecule has 1 N–H and O–H groups in total. The highest BCUT2D eigenvalue weighted by Gasteiger charge is 2.04. The van der Waals surface area contributed by atoms with Gasteiger partial charge in [-0.2, -0.15) is 0 Å². The molecule has 0 saturated carbocycles. The van der Waals surface area contributed by atoms with Gasteiger partial charge in [0.25, 0.3) is 0 Å². The van der Waals surface area contributed by atoms with Gasteiger partial charge in [-0.3, -0.25) is 0 Å². The maximum Gasteiger partial charge on any atom is 0.126 e. The van der Waals surface area contributed by atoms with Gasteiger partial charge in [0.1, 0.15) is 5.82 Å². The molecule has 0 bridgehead atoms. The van der Waals surface area contributed by atoms with Crippen LogP contribution in [0.25, 0.3) is 0 Å². The van der Waals surface area contributed by atoms with Crippen LogP contribution in [0.2, 0.25) is 0 Å². The Hall–Kier alpha value is -0.410. The third-order valence-corrected chi connectivity index (χ3v) is 3.08. The molecule has 1 nitrogen and oxygen atoms in total. The predicted octanol–water partition coefficient (Wildman–Crippen LogP) is 3.52. The molecule has 0 aromatic heterocycles. The normalized spacial score (nSPS) is 12.8. The Bertz CT molecular complexity index is 314. The maximum absolute atomic E-state index is 13.3. The predicted molar refractivity (Wildman–Crippen MR) is 65.6 cm³/mol. The summed E-state index contributed by atoms with van der Waals surface area (Å²) in [5.41, 5.74) is 0.799. The Balaban J connectivity index is 2.46. The second-order valence-corrected chi connectivity index (χ2v) is 4.73. The van der Waals surface area contributed by atoms with Crippen LogP contribution >= 0.6 is 15.9 Å². The Kier molecular flexibility index (Phi) is 5.26. The fraction of sp³-hybridized carbons (Fsp3) is 0.500. The second-order valence-electron chi connectivity index (χ2n) is 3.82. The summed E-state index contributed by atoms with van der Waals surface area (Å²) in [4.78, 5) is 0. The van der Waals surface area contributed by atoms with Crippen LogP contribution in [-0.2, 0) is 6.42 Å². The summed E-state index contributed by atoms with van der Waals surface area (Å²) in [5.74, 6) is -0.102. The van der Waals surface area contributed by atoms with E-state index in [1.54, 1.807) is 6.07 Å². The Morgan fingerprint density at radius 3 is 2.87 bits per heavy atom. The summed E-state index contributed by atoms with van der Waals surface area (Å²) in [6.45, 7) is 2.14. The first kappa shape index (κ1) is 12.7. The summed E-state index contributed by atoms with van der Waals surface area (Å²) in [6, 6.07) is 5.61. The van der Waals surface area contributed by atoms with E-state index in [0.717, 1.165) is 29.3 Å². The van der Waals surface area contributed by atoms with Crippen molar-refractivity contribution in [2.45, 2.75) is 32.2 Å². The van der Waals surface area contributed by atoms with Crippen LogP contribution in [0.3, 0.4) is 0 Å². The number of aryl methyl sites for hydroxylation is 1. The molecule has 1 aromatic rings. The lowest BCUT2D eigenvalue weighted by Crippen LogP contribution is -2.20. The molecule has 0 aliphatic carbocycles. The van der Waals surface area contributed by atoms with Crippen molar-refractivity contribution >= 4 is 15.9 Å². The van der Waals surface area contributed by atoms with Gasteiger partial charge in [0.2, 0.25) is 0 Å². The zero-order chi connectivity index (χ0) is 11.3. The van der Waals surface area contributed by atoms with Gasteiger partial charge in [0.15, 0.2) is 0 Å². The van der Waals surface area contributed by atoms with Crippen LogP contribution in [-0.4, -0.2) is 13.1 Å². The highest BCUT2D eigenvalue weighted by molar-refractivity contribution is 9.10. The zero-order valence-electron chi connectivity index (χ0n) is 9.19. The van der Waals surface area contributed by atoms with Gasteiger partial charge in [0, 0.05) is 10.5 Å². The molecule has 0 aliphatic heterocycles. The third kappa shape index (κ3) is 4.31. The lowest BCUT2D eigenvalue weighted by molar-refractivity contribution is 0.533. The minimum atomic E-state index is -0.102. The maximum atomic E-state index is 13.3. The molecule has 15 heavy (non-hydrogen) atoms. The third-order valence-electron chi connectivity index (χ3n) is 2.58. The van der Waals surface area contributed by atoms with E-state index in [1.807, 2.05) is 13.1 Å². The SMILES string of the molecule is CNC(C)CCCc1cc(Br)ccc1F. The van der Waals surface area contributed by atoms with Crippen molar-refractivity contribution in [2.75, 3.05) is 7.05 Å². The van der Waals surface area contributed by atoms with E-state index in [9.17, 15) is 4.39 Å². The van der Waals surface area contributed by atoms with Gasteiger partial charge in [-0.25, -0.2) is 4.39 Å². The molecule has 84 valence electrons. The number of nitrogens with one attached hydrogen (secondary N) is 1. The summed E-state index contributed by atoms with van der Waals surface area (Å²) in [5, 5.41) is 3.17. The minimum Gasteiger partial charge on any atom is -0.317 e. The number of benzene rings is 1. The molecule has 1 unspecified atom stereocenters. The monoisotopic (exact) mass is 273 g/mol. The first-order valence-electron chi connectivity index (χ1n) is 5.24. The molecular formula is C12H17BrFN. The first-order valence-corrected chi connectivity index (χ1v) is 6.04. The molecule has 0 heterocycles. The van der Waals surface area contributed by atoms with E-state index in [-0.39, 0.29) is 5.82 Å². The first-order chi connectivity index (χ1) is 7.13. The smallest absolute Gasteiger partial charge is 0.126 e. The topological polar surface area (TPSA) is 12.0 Å². The van der Waals surface area contributed by atoms with Crippen LogP contribution in [0.4, 0.5) is 4.39 Å². The van der Waals surface area contributed by atoms with Gasteiger partial charge >= 0.3 is 0 Å². The van der Waals surface area contributed by atoms with E-state index in [2.05, 4.69) is 28.2 Å². The number of halogens is 2. The molecule has 0 radical (unpaired) electrons. The lowest BCUT2D eigenvalue weighted by atomic mass is 10.1. The van der Waals surface area contributed by atoms with Crippen molar-refractivity contribution in [1.29, 1.82) is 0 Å². The largest absolute Gasteiger partial charge is 0.317 e. The van der Waals surface area contributed by atoms with E-state index < -0.39 is 0 Å². The summed E-state index contributed by atoms with van der Waals surface area (Å²) >= 11 is 3.35. The van der Waals surface area contributed by atoms with Crippen LogP contribution in [0.5, 0.6) is 0 Å².